The minimum absolute atomic E-state index is 0.0169. The fourth-order valence-corrected chi connectivity index (χ4v) is 3.28. The second kappa shape index (κ2) is 8.24. The molecule has 1 unspecified atom stereocenters. The third-order valence-corrected chi connectivity index (χ3v) is 4.84. The first-order valence-electron chi connectivity index (χ1n) is 8.83. The number of fused-ring (bicyclic) bond motifs is 1. The highest BCUT2D eigenvalue weighted by Crippen LogP contribution is 2.28. The molecule has 0 bridgehead atoms. The third-order valence-electron chi connectivity index (χ3n) is 4.48. The van der Waals surface area contributed by atoms with Gasteiger partial charge in [0.2, 0.25) is 11.6 Å². The average molecular weight is 424 g/mol. The van der Waals surface area contributed by atoms with Crippen LogP contribution in [0.1, 0.15) is 30.6 Å². The number of aromatic nitrogens is 2. The number of alkyl halides is 3. The van der Waals surface area contributed by atoms with E-state index in [1.165, 1.54) is 18.2 Å². The number of carbonyl (C=O) groups excluding carboxylic acids is 1. The summed E-state index contributed by atoms with van der Waals surface area (Å²) in [5, 5.41) is 3.11. The first-order chi connectivity index (χ1) is 13.7. The topological polar surface area (TPSA) is 64.0 Å². The molecule has 3 rings (SSSR count). The molecule has 0 saturated carbocycles. The second-order valence-corrected chi connectivity index (χ2v) is 6.76. The molecule has 5 nitrogen and oxygen atoms in total. The van der Waals surface area contributed by atoms with E-state index in [-0.39, 0.29) is 24.0 Å². The molecule has 2 aromatic carbocycles. The van der Waals surface area contributed by atoms with Crippen molar-refractivity contribution in [2.24, 2.45) is 0 Å². The Morgan fingerprint density at radius 2 is 1.83 bits per heavy atom. The first kappa shape index (κ1) is 20.9. The van der Waals surface area contributed by atoms with Gasteiger partial charge < -0.3 is 5.32 Å². The highest BCUT2D eigenvalue weighted by atomic mass is 35.5. The van der Waals surface area contributed by atoms with Crippen LogP contribution in [0, 0.1) is 0 Å². The van der Waals surface area contributed by atoms with Gasteiger partial charge in [-0.25, -0.2) is 4.98 Å². The summed E-state index contributed by atoms with van der Waals surface area (Å²) in [6.07, 6.45) is -4.82. The van der Waals surface area contributed by atoms with Gasteiger partial charge in [-0.15, -0.1) is 0 Å². The smallest absolute Gasteiger partial charge is 0.350 e. The van der Waals surface area contributed by atoms with E-state index in [0.717, 1.165) is 4.57 Å². The van der Waals surface area contributed by atoms with Gasteiger partial charge in [-0.3, -0.25) is 14.2 Å². The van der Waals surface area contributed by atoms with Crippen LogP contribution in [-0.2, 0) is 17.5 Å². The molecular formula is C20H17ClF3N3O2. The number of hydrogen-bond acceptors (Lipinski definition) is 3. The molecule has 29 heavy (non-hydrogen) atoms. The van der Waals surface area contributed by atoms with Crippen molar-refractivity contribution in [3.05, 3.63) is 75.2 Å². The van der Waals surface area contributed by atoms with E-state index in [0.29, 0.717) is 10.6 Å². The summed E-state index contributed by atoms with van der Waals surface area (Å²) in [4.78, 5) is 28.9. The van der Waals surface area contributed by atoms with Crippen molar-refractivity contribution < 1.29 is 18.0 Å². The quantitative estimate of drug-likeness (QED) is 0.664. The Labute approximate surface area is 169 Å². The molecule has 0 radical (unpaired) electrons. The maximum Gasteiger partial charge on any atom is 0.438 e. The summed E-state index contributed by atoms with van der Waals surface area (Å²) >= 11 is 6.07. The highest BCUT2D eigenvalue weighted by Gasteiger charge is 2.38. The number of carbonyl (C=O) groups is 1. The first-order valence-corrected chi connectivity index (χ1v) is 9.21. The number of amides is 1. The Hall–Kier alpha value is -2.87. The van der Waals surface area contributed by atoms with E-state index in [1.54, 1.807) is 37.3 Å². The predicted octanol–water partition coefficient (Wildman–Crippen LogP) is 4.34. The van der Waals surface area contributed by atoms with Gasteiger partial charge in [0.1, 0.15) is 6.04 Å². The van der Waals surface area contributed by atoms with Crippen LogP contribution in [0.4, 0.5) is 13.2 Å². The molecule has 0 aliphatic rings. The van der Waals surface area contributed by atoms with Crippen LogP contribution < -0.4 is 10.9 Å². The van der Waals surface area contributed by atoms with Gasteiger partial charge in [-0.05, 0) is 30.2 Å². The number of rotatable bonds is 5. The Balaban J connectivity index is 2.04. The normalized spacial score (nSPS) is 12.7. The molecule has 1 N–H and O–H groups in total. The lowest BCUT2D eigenvalue weighted by molar-refractivity contribution is -0.142. The molecule has 1 atom stereocenters. The Kier molecular flexibility index (Phi) is 5.93. The fraction of sp³-hybridized carbons (Fsp3) is 0.250. The number of halogens is 4. The zero-order valence-corrected chi connectivity index (χ0v) is 16.1. The van der Waals surface area contributed by atoms with E-state index in [4.69, 9.17) is 11.6 Å². The zero-order valence-electron chi connectivity index (χ0n) is 15.3. The minimum atomic E-state index is -4.94. The van der Waals surface area contributed by atoms with Gasteiger partial charge in [-0.1, -0.05) is 48.9 Å². The summed E-state index contributed by atoms with van der Waals surface area (Å²) in [6.45, 7) is 1.70. The second-order valence-electron chi connectivity index (χ2n) is 6.36. The molecule has 3 aromatic rings. The maximum absolute atomic E-state index is 13.3. The summed E-state index contributed by atoms with van der Waals surface area (Å²) in [5.74, 6) is -0.584. The Morgan fingerprint density at radius 1 is 1.17 bits per heavy atom. The third kappa shape index (κ3) is 4.27. The molecule has 0 fully saturated rings. The van der Waals surface area contributed by atoms with E-state index < -0.39 is 29.4 Å². The van der Waals surface area contributed by atoms with Crippen molar-refractivity contribution in [1.82, 2.24) is 14.9 Å². The van der Waals surface area contributed by atoms with E-state index in [9.17, 15) is 22.8 Å². The fourth-order valence-electron chi connectivity index (χ4n) is 3.08. The van der Waals surface area contributed by atoms with Gasteiger partial charge >= 0.3 is 6.18 Å². The van der Waals surface area contributed by atoms with Gasteiger partial charge in [0.25, 0.3) is 5.56 Å². The van der Waals surface area contributed by atoms with Crippen LogP contribution in [0.3, 0.4) is 0 Å². The Morgan fingerprint density at radius 3 is 2.48 bits per heavy atom. The van der Waals surface area contributed by atoms with Crippen LogP contribution in [0.2, 0.25) is 5.02 Å². The van der Waals surface area contributed by atoms with Crippen molar-refractivity contribution in [3.8, 4) is 0 Å². The van der Waals surface area contributed by atoms with Crippen LogP contribution in [0.15, 0.2) is 53.3 Å². The number of hydrogen-bond donors (Lipinski definition) is 1. The lowest BCUT2D eigenvalue weighted by Gasteiger charge is -2.21. The highest BCUT2D eigenvalue weighted by molar-refractivity contribution is 6.31. The minimum Gasteiger partial charge on any atom is -0.350 e. The van der Waals surface area contributed by atoms with Crippen LogP contribution in [-0.4, -0.2) is 15.5 Å². The molecule has 1 aromatic heterocycles. The zero-order chi connectivity index (χ0) is 21.2. The lowest BCUT2D eigenvalue weighted by Crippen LogP contribution is -2.40. The van der Waals surface area contributed by atoms with Crippen molar-refractivity contribution >= 4 is 28.5 Å². The van der Waals surface area contributed by atoms with Crippen LogP contribution in [0.5, 0.6) is 0 Å². The summed E-state index contributed by atoms with van der Waals surface area (Å²) in [7, 11) is 0. The summed E-state index contributed by atoms with van der Waals surface area (Å²) in [6, 6.07) is 11.7. The number of benzene rings is 2. The van der Waals surface area contributed by atoms with E-state index in [1.807, 2.05) is 0 Å². The molecule has 0 aliphatic heterocycles. The molecule has 152 valence electrons. The molecule has 1 heterocycles. The number of nitrogens with zero attached hydrogens (tertiary/aromatic N) is 2. The van der Waals surface area contributed by atoms with Crippen molar-refractivity contribution in [3.63, 3.8) is 0 Å². The molecule has 0 spiro atoms. The van der Waals surface area contributed by atoms with Gasteiger partial charge in [0.15, 0.2) is 0 Å². The Bertz CT molecular complexity index is 1110. The molecule has 1 amide bonds. The van der Waals surface area contributed by atoms with Crippen molar-refractivity contribution in [2.75, 3.05) is 0 Å². The molecular weight excluding hydrogens is 407 g/mol. The van der Waals surface area contributed by atoms with Crippen LogP contribution >= 0.6 is 11.6 Å². The van der Waals surface area contributed by atoms with Crippen LogP contribution in [0.25, 0.3) is 11.0 Å². The number of para-hydroxylation sites is 2. The molecule has 9 heteroatoms. The maximum atomic E-state index is 13.3. The van der Waals surface area contributed by atoms with Gasteiger partial charge in [-0.2, -0.15) is 13.2 Å². The summed E-state index contributed by atoms with van der Waals surface area (Å²) in [5.41, 5.74) is -2.10. The van der Waals surface area contributed by atoms with Crippen molar-refractivity contribution in [1.29, 1.82) is 0 Å². The van der Waals surface area contributed by atoms with Crippen molar-refractivity contribution in [2.45, 2.75) is 32.1 Å². The van der Waals surface area contributed by atoms with E-state index >= 15 is 0 Å². The van der Waals surface area contributed by atoms with Gasteiger partial charge in [0, 0.05) is 11.6 Å². The average Bonchev–Trinajstić information content (AvgIpc) is 2.68. The monoisotopic (exact) mass is 423 g/mol. The van der Waals surface area contributed by atoms with Gasteiger partial charge in [0.05, 0.1) is 11.0 Å². The number of nitrogens with one attached hydrogen (secondary N) is 1. The summed E-state index contributed by atoms with van der Waals surface area (Å²) < 4.78 is 40.9. The SMILES string of the molecule is CCC(C(=O)NCc1ccccc1Cl)n1c(=O)c(C(F)(F)F)nc2ccccc21. The standard InChI is InChI=1S/C20H17ClF3N3O2/c1-2-15(18(28)25-11-12-7-3-4-8-13(12)21)27-16-10-6-5-9-14(16)26-17(19(27)29)20(22,23)24/h3-10,15H,2,11H2,1H3,(H,25,28). The molecule has 0 saturated heterocycles. The lowest BCUT2D eigenvalue weighted by atomic mass is 10.1. The van der Waals surface area contributed by atoms with E-state index in [2.05, 4.69) is 10.3 Å². The predicted molar refractivity (Wildman–Crippen MR) is 104 cm³/mol. The largest absolute Gasteiger partial charge is 0.438 e. The molecule has 0 aliphatic carbocycles.